The number of nitrogens with zero attached hydrogens (tertiary/aromatic N) is 10. The number of allylic oxidation sites excluding steroid dienone is 8. The molecule has 0 unspecified atom stereocenters. The molecule has 0 amide bonds. The molecule has 0 bridgehead atoms. The summed E-state index contributed by atoms with van der Waals surface area (Å²) < 4.78 is 0. The van der Waals surface area contributed by atoms with Gasteiger partial charge in [0.05, 0.1) is 33.4 Å². The fourth-order valence-electron chi connectivity index (χ4n) is 5.60. The number of benzene rings is 3. The molecule has 5 rings (SSSR count). The number of nitriles is 10. The second-order valence-corrected chi connectivity index (χ2v) is 9.58. The van der Waals surface area contributed by atoms with Crippen LogP contribution in [0.5, 0.6) is 0 Å². The Morgan fingerprint density at radius 1 is 0.370 bits per heavy atom. The first-order valence-corrected chi connectivity index (χ1v) is 12.9. The van der Waals surface area contributed by atoms with E-state index in [4.69, 9.17) is 0 Å². The quantitative estimate of drug-likeness (QED) is 0.336. The first kappa shape index (κ1) is 29.0. The third-order valence-corrected chi connectivity index (χ3v) is 7.50. The predicted octanol–water partition coefficient (Wildman–Crippen LogP) is 5.67. The van der Waals surface area contributed by atoms with Gasteiger partial charge in [0.1, 0.15) is 71.8 Å². The number of fused-ring (bicyclic) bond motifs is 2. The van der Waals surface area contributed by atoms with Gasteiger partial charge in [-0.15, -0.1) is 0 Å². The minimum absolute atomic E-state index is 0.00875. The van der Waals surface area contributed by atoms with Crippen LogP contribution in [0.3, 0.4) is 0 Å². The molecule has 0 aromatic heterocycles. The van der Waals surface area contributed by atoms with Gasteiger partial charge in [0.2, 0.25) is 0 Å². The molecule has 0 saturated carbocycles. The molecule has 46 heavy (non-hydrogen) atoms. The molecule has 0 fully saturated rings. The molecule has 3 aromatic carbocycles. The third kappa shape index (κ3) is 4.11. The fourth-order valence-corrected chi connectivity index (χ4v) is 5.60. The Labute approximate surface area is 261 Å². The molecule has 3 aromatic rings. The Morgan fingerprint density at radius 3 is 1.02 bits per heavy atom. The Kier molecular flexibility index (Phi) is 7.21. The molecular formula is C36H8N10. The van der Waals surface area contributed by atoms with Crippen LogP contribution in [0.1, 0.15) is 55.6 Å². The van der Waals surface area contributed by atoms with Gasteiger partial charge in [0.15, 0.2) is 0 Å². The van der Waals surface area contributed by atoms with E-state index in [0.717, 1.165) is 0 Å². The van der Waals surface area contributed by atoms with Gasteiger partial charge in [-0.2, -0.15) is 52.6 Å². The maximum absolute atomic E-state index is 10.4. The smallest absolute Gasteiger partial charge is 0.138 e. The largest absolute Gasteiger partial charge is 0.192 e. The van der Waals surface area contributed by atoms with Gasteiger partial charge in [-0.25, -0.2) is 0 Å². The number of hydrogen-bond acceptors (Lipinski definition) is 10. The Balaban J connectivity index is 1.94. The molecule has 0 heterocycles. The molecule has 10 heteroatoms. The lowest BCUT2D eigenvalue weighted by Gasteiger charge is -2.12. The van der Waals surface area contributed by atoms with Crippen LogP contribution >= 0.6 is 0 Å². The van der Waals surface area contributed by atoms with Crippen molar-refractivity contribution < 1.29 is 0 Å². The normalized spacial score (nSPS) is 11.9. The van der Waals surface area contributed by atoms with Crippen molar-refractivity contribution in [2.45, 2.75) is 0 Å². The minimum atomic E-state index is -0.368. The van der Waals surface area contributed by atoms with E-state index in [0.29, 0.717) is 0 Å². The van der Waals surface area contributed by atoms with Crippen molar-refractivity contribution in [1.29, 1.82) is 52.6 Å². The Morgan fingerprint density at radius 2 is 0.717 bits per heavy atom. The lowest BCUT2D eigenvalue weighted by atomic mass is 9.88. The molecule has 2 aliphatic rings. The highest BCUT2D eigenvalue weighted by Crippen LogP contribution is 2.54. The standard InChI is InChI=1S/C36H8N10/c37-9-21-3-1-19(5-23(21)11-39)33-31(17-45)27-7-28-30(8-29(27)35(33)25(13-41)14-42)36(26(15-43)16-44)34(32(28)18-46)20-2-4-22(10-38)24(6-20)12-40/h1-8H. The lowest BCUT2D eigenvalue weighted by Crippen LogP contribution is -1.96. The van der Waals surface area contributed by atoms with E-state index in [1.165, 1.54) is 48.5 Å². The highest BCUT2D eigenvalue weighted by molar-refractivity contribution is 6.29. The summed E-state index contributed by atoms with van der Waals surface area (Å²) in [5.74, 6) is 0. The van der Waals surface area contributed by atoms with Gasteiger partial charge >= 0.3 is 0 Å². The first-order chi connectivity index (χ1) is 22.4. The summed E-state index contributed by atoms with van der Waals surface area (Å²) in [5, 5.41) is 98.7. The molecule has 202 valence electrons. The average molecular weight is 581 g/mol. The second-order valence-electron chi connectivity index (χ2n) is 9.58. The van der Waals surface area contributed by atoms with Crippen molar-refractivity contribution in [1.82, 2.24) is 0 Å². The molecule has 0 radical (unpaired) electrons. The molecule has 2 aliphatic carbocycles. The van der Waals surface area contributed by atoms with Crippen molar-refractivity contribution >= 4 is 33.4 Å². The van der Waals surface area contributed by atoms with Gasteiger partial charge in [-0.05, 0) is 58.7 Å². The van der Waals surface area contributed by atoms with E-state index in [1.54, 1.807) is 0 Å². The van der Waals surface area contributed by atoms with E-state index >= 15 is 0 Å². The van der Waals surface area contributed by atoms with E-state index in [-0.39, 0.29) is 100 Å². The zero-order valence-corrected chi connectivity index (χ0v) is 23.1. The van der Waals surface area contributed by atoms with Crippen LogP contribution in [0.2, 0.25) is 0 Å². The SMILES string of the molecule is N#CC(C#N)=C1C(c2ccc(C#N)c(C#N)c2)=C(C#N)c2cc3c(cc21)C(=C(C#N)C#N)C(c1ccc(C#N)c(C#N)c1)=C3C#N. The summed E-state index contributed by atoms with van der Waals surface area (Å²) in [6.07, 6.45) is 0. The van der Waals surface area contributed by atoms with Gasteiger partial charge in [0.25, 0.3) is 0 Å². The van der Waals surface area contributed by atoms with Crippen LogP contribution in [0.15, 0.2) is 59.7 Å². The first-order valence-electron chi connectivity index (χ1n) is 12.9. The van der Waals surface area contributed by atoms with E-state index in [1.807, 2.05) is 48.6 Å². The van der Waals surface area contributed by atoms with Crippen LogP contribution in [-0.4, -0.2) is 0 Å². The highest BCUT2D eigenvalue weighted by atomic mass is 14.4. The molecule has 0 saturated heterocycles. The summed E-state index contributed by atoms with van der Waals surface area (Å²) in [5.41, 5.74) is 1.43. The number of rotatable bonds is 2. The lowest BCUT2D eigenvalue weighted by molar-refractivity contribution is 1.42. The maximum atomic E-state index is 10.4. The van der Waals surface area contributed by atoms with Crippen LogP contribution in [0.25, 0.3) is 33.4 Å². The topological polar surface area (TPSA) is 238 Å². The van der Waals surface area contributed by atoms with Gasteiger partial charge in [-0.1, -0.05) is 12.1 Å². The second kappa shape index (κ2) is 11.4. The van der Waals surface area contributed by atoms with Crippen LogP contribution in [0.4, 0.5) is 0 Å². The highest BCUT2D eigenvalue weighted by Gasteiger charge is 2.37. The third-order valence-electron chi connectivity index (χ3n) is 7.50. The Bertz CT molecular complexity index is 2360. The van der Waals surface area contributed by atoms with Gasteiger partial charge in [0, 0.05) is 33.4 Å². The minimum Gasteiger partial charge on any atom is -0.192 e. The molecule has 0 aliphatic heterocycles. The van der Waals surface area contributed by atoms with E-state index in [9.17, 15) is 52.6 Å². The van der Waals surface area contributed by atoms with E-state index in [2.05, 4.69) is 12.1 Å². The van der Waals surface area contributed by atoms with Crippen LogP contribution < -0.4 is 0 Å². The Hall–Kier alpha value is -8.48. The van der Waals surface area contributed by atoms with Gasteiger partial charge in [-0.3, -0.25) is 0 Å². The summed E-state index contributed by atoms with van der Waals surface area (Å²) in [6, 6.07) is 30.8. The summed E-state index contributed by atoms with van der Waals surface area (Å²) in [6.45, 7) is 0. The average Bonchev–Trinajstić information content (AvgIpc) is 3.59. The monoisotopic (exact) mass is 580 g/mol. The zero-order valence-electron chi connectivity index (χ0n) is 23.1. The molecule has 0 N–H and O–H groups in total. The fraction of sp³-hybridized carbons (Fsp3) is 0. The van der Waals surface area contributed by atoms with Crippen LogP contribution in [-0.2, 0) is 0 Å². The summed E-state index contributed by atoms with van der Waals surface area (Å²) >= 11 is 0. The van der Waals surface area contributed by atoms with Crippen molar-refractivity contribution in [3.8, 4) is 60.7 Å². The van der Waals surface area contributed by atoms with Crippen LogP contribution in [0, 0.1) is 113 Å². The maximum Gasteiger partial charge on any atom is 0.138 e. The molecule has 0 atom stereocenters. The summed E-state index contributed by atoms with van der Waals surface area (Å²) in [4.78, 5) is 0. The molecule has 0 spiro atoms. The zero-order chi connectivity index (χ0) is 33.1. The van der Waals surface area contributed by atoms with Crippen molar-refractivity contribution in [3.63, 3.8) is 0 Å². The van der Waals surface area contributed by atoms with Crippen molar-refractivity contribution in [2.24, 2.45) is 0 Å². The van der Waals surface area contributed by atoms with Gasteiger partial charge < -0.3 is 0 Å². The molecule has 10 nitrogen and oxygen atoms in total. The van der Waals surface area contributed by atoms with Crippen molar-refractivity contribution in [3.05, 3.63) is 115 Å². The van der Waals surface area contributed by atoms with E-state index < -0.39 is 0 Å². The predicted molar refractivity (Wildman–Crippen MR) is 159 cm³/mol. The summed E-state index contributed by atoms with van der Waals surface area (Å²) in [7, 11) is 0. The molecular weight excluding hydrogens is 572 g/mol. The number of hydrogen-bond donors (Lipinski definition) is 0. The van der Waals surface area contributed by atoms with Crippen molar-refractivity contribution in [2.75, 3.05) is 0 Å².